The number of aryl methyl sites for hydroxylation is 1. The minimum Gasteiger partial charge on any atom is -0.435 e. The number of amides is 1. The molecule has 4 nitrogen and oxygen atoms in total. The lowest BCUT2D eigenvalue weighted by atomic mass is 10.0. The Balaban J connectivity index is 1.66. The van der Waals surface area contributed by atoms with E-state index < -0.39 is 24.2 Å². The molecule has 0 aromatic heterocycles. The molecule has 0 atom stereocenters. The molecule has 0 unspecified atom stereocenters. The second-order valence-corrected chi connectivity index (χ2v) is 5.87. The van der Waals surface area contributed by atoms with Crippen LogP contribution >= 0.6 is 0 Å². The maximum absolute atomic E-state index is 14.1. The van der Waals surface area contributed by atoms with E-state index in [1.54, 1.807) is 4.90 Å². The van der Waals surface area contributed by atoms with Gasteiger partial charge in [-0.3, -0.25) is 4.79 Å². The fourth-order valence-corrected chi connectivity index (χ4v) is 2.99. The Labute approximate surface area is 147 Å². The van der Waals surface area contributed by atoms with Crippen molar-refractivity contribution in [2.24, 2.45) is 0 Å². The SMILES string of the molecule is O=C(CN1CCCc2cc(F)cc(F)c21)Nc1ccc(OC(F)F)cc1. The zero-order chi connectivity index (χ0) is 18.7. The normalized spacial score (nSPS) is 13.5. The third kappa shape index (κ3) is 4.25. The van der Waals surface area contributed by atoms with Crippen molar-refractivity contribution < 1.29 is 27.1 Å². The first-order valence-corrected chi connectivity index (χ1v) is 8.00. The van der Waals surface area contributed by atoms with Gasteiger partial charge in [0.15, 0.2) is 0 Å². The van der Waals surface area contributed by atoms with E-state index in [9.17, 15) is 22.4 Å². The summed E-state index contributed by atoms with van der Waals surface area (Å²) >= 11 is 0. The van der Waals surface area contributed by atoms with E-state index in [1.807, 2.05) is 0 Å². The molecule has 2 aromatic rings. The number of anilines is 2. The fourth-order valence-electron chi connectivity index (χ4n) is 2.99. The Kier molecular flexibility index (Phi) is 5.29. The highest BCUT2D eigenvalue weighted by atomic mass is 19.3. The molecule has 0 aliphatic carbocycles. The van der Waals surface area contributed by atoms with Crippen LogP contribution in [0.5, 0.6) is 5.75 Å². The van der Waals surface area contributed by atoms with Crippen molar-refractivity contribution in [1.29, 1.82) is 0 Å². The number of halogens is 4. The fraction of sp³-hybridized carbons (Fsp3) is 0.278. The molecule has 0 saturated carbocycles. The molecule has 138 valence electrons. The van der Waals surface area contributed by atoms with Crippen LogP contribution in [0.15, 0.2) is 36.4 Å². The number of alkyl halides is 2. The monoisotopic (exact) mass is 368 g/mol. The van der Waals surface area contributed by atoms with Crippen LogP contribution in [0.1, 0.15) is 12.0 Å². The van der Waals surface area contributed by atoms with Crippen molar-refractivity contribution in [2.75, 3.05) is 23.3 Å². The van der Waals surface area contributed by atoms with Gasteiger partial charge in [-0.25, -0.2) is 8.78 Å². The second kappa shape index (κ2) is 7.63. The number of rotatable bonds is 5. The molecule has 0 radical (unpaired) electrons. The summed E-state index contributed by atoms with van der Waals surface area (Å²) in [5, 5.41) is 2.61. The Morgan fingerprint density at radius 3 is 2.62 bits per heavy atom. The summed E-state index contributed by atoms with van der Waals surface area (Å²) in [5.41, 5.74) is 1.18. The van der Waals surface area contributed by atoms with Crippen LogP contribution in [0.25, 0.3) is 0 Å². The van der Waals surface area contributed by atoms with E-state index >= 15 is 0 Å². The average Bonchev–Trinajstić information content (AvgIpc) is 2.55. The molecular weight excluding hydrogens is 352 g/mol. The van der Waals surface area contributed by atoms with Crippen molar-refractivity contribution in [2.45, 2.75) is 19.5 Å². The van der Waals surface area contributed by atoms with E-state index in [4.69, 9.17) is 0 Å². The zero-order valence-electron chi connectivity index (χ0n) is 13.6. The molecule has 0 fully saturated rings. The van der Waals surface area contributed by atoms with Crippen molar-refractivity contribution in [3.05, 3.63) is 53.6 Å². The van der Waals surface area contributed by atoms with Gasteiger partial charge in [0.05, 0.1) is 12.2 Å². The van der Waals surface area contributed by atoms with Gasteiger partial charge < -0.3 is 15.0 Å². The number of ether oxygens (including phenoxy) is 1. The molecule has 0 saturated heterocycles. The molecular formula is C18H16F4N2O2. The Hall–Kier alpha value is -2.77. The molecule has 1 amide bonds. The van der Waals surface area contributed by atoms with Gasteiger partial charge in [0.1, 0.15) is 17.4 Å². The highest BCUT2D eigenvalue weighted by molar-refractivity contribution is 5.94. The number of carbonyl (C=O) groups excluding carboxylic acids is 1. The first-order chi connectivity index (χ1) is 12.4. The number of nitrogens with one attached hydrogen (secondary N) is 1. The van der Waals surface area contributed by atoms with E-state index in [-0.39, 0.29) is 18.0 Å². The first kappa shape index (κ1) is 18.0. The highest BCUT2D eigenvalue weighted by Crippen LogP contribution is 2.30. The van der Waals surface area contributed by atoms with Crippen molar-refractivity contribution in [3.63, 3.8) is 0 Å². The maximum Gasteiger partial charge on any atom is 0.387 e. The van der Waals surface area contributed by atoms with Crippen molar-refractivity contribution >= 4 is 17.3 Å². The molecule has 8 heteroatoms. The molecule has 2 aromatic carbocycles. The third-order valence-corrected chi connectivity index (χ3v) is 4.00. The van der Waals surface area contributed by atoms with Gasteiger partial charge in [0, 0.05) is 18.3 Å². The van der Waals surface area contributed by atoms with E-state index in [2.05, 4.69) is 10.1 Å². The summed E-state index contributed by atoms with van der Waals surface area (Å²) in [5.74, 6) is -1.75. The van der Waals surface area contributed by atoms with Crippen LogP contribution in [-0.2, 0) is 11.2 Å². The lowest BCUT2D eigenvalue weighted by Gasteiger charge is -2.31. The number of benzene rings is 2. The molecule has 1 aliphatic heterocycles. The lowest BCUT2D eigenvalue weighted by Crippen LogP contribution is -2.37. The number of fused-ring (bicyclic) bond motifs is 1. The smallest absolute Gasteiger partial charge is 0.387 e. The summed E-state index contributed by atoms with van der Waals surface area (Å²) < 4.78 is 55.9. The lowest BCUT2D eigenvalue weighted by molar-refractivity contribution is -0.115. The van der Waals surface area contributed by atoms with Crippen LogP contribution < -0.4 is 15.0 Å². The predicted octanol–water partition coefficient (Wildman–Crippen LogP) is 3.96. The average molecular weight is 368 g/mol. The minimum atomic E-state index is -2.92. The molecule has 1 N–H and O–H groups in total. The third-order valence-electron chi connectivity index (χ3n) is 4.00. The Morgan fingerprint density at radius 2 is 1.92 bits per heavy atom. The van der Waals surface area contributed by atoms with Crippen molar-refractivity contribution in [1.82, 2.24) is 0 Å². The highest BCUT2D eigenvalue weighted by Gasteiger charge is 2.23. The number of hydrogen-bond acceptors (Lipinski definition) is 3. The van der Waals surface area contributed by atoms with Gasteiger partial charge in [0.25, 0.3) is 0 Å². The number of carbonyl (C=O) groups is 1. The molecule has 26 heavy (non-hydrogen) atoms. The standard InChI is InChI=1S/C18H16F4N2O2/c19-12-8-11-2-1-7-24(17(11)15(20)9-12)10-16(25)23-13-3-5-14(6-4-13)26-18(21)22/h3-6,8-9,18H,1-2,7,10H2,(H,23,25). The minimum absolute atomic E-state index is 0.0212. The van der Waals surface area contributed by atoms with Crippen LogP contribution in [-0.4, -0.2) is 25.6 Å². The van der Waals surface area contributed by atoms with Gasteiger partial charge in [-0.05, 0) is 48.7 Å². The summed E-state index contributed by atoms with van der Waals surface area (Å²) in [6, 6.07) is 7.55. The Morgan fingerprint density at radius 1 is 1.19 bits per heavy atom. The van der Waals surface area contributed by atoms with Gasteiger partial charge >= 0.3 is 6.61 Å². The maximum atomic E-state index is 14.1. The van der Waals surface area contributed by atoms with Gasteiger partial charge in [0.2, 0.25) is 5.91 Å². The number of hydrogen-bond donors (Lipinski definition) is 1. The summed E-state index contributed by atoms with van der Waals surface area (Å²) in [6.07, 6.45) is 1.23. The van der Waals surface area contributed by atoms with E-state index in [0.717, 1.165) is 6.07 Å². The predicted molar refractivity (Wildman–Crippen MR) is 88.6 cm³/mol. The van der Waals surface area contributed by atoms with Crippen molar-refractivity contribution in [3.8, 4) is 5.75 Å². The largest absolute Gasteiger partial charge is 0.435 e. The summed E-state index contributed by atoms with van der Waals surface area (Å²) in [4.78, 5) is 13.8. The van der Waals surface area contributed by atoms with E-state index in [0.29, 0.717) is 30.6 Å². The molecule has 1 aliphatic rings. The second-order valence-electron chi connectivity index (χ2n) is 5.87. The topological polar surface area (TPSA) is 41.6 Å². The van der Waals surface area contributed by atoms with Crippen LogP contribution in [0.2, 0.25) is 0 Å². The first-order valence-electron chi connectivity index (χ1n) is 8.00. The van der Waals surface area contributed by atoms with Gasteiger partial charge in [-0.2, -0.15) is 8.78 Å². The molecule has 0 bridgehead atoms. The van der Waals surface area contributed by atoms with Crippen LogP contribution in [0.4, 0.5) is 28.9 Å². The van der Waals surface area contributed by atoms with Gasteiger partial charge in [-0.15, -0.1) is 0 Å². The molecule has 1 heterocycles. The van der Waals surface area contributed by atoms with Crippen LogP contribution in [0, 0.1) is 11.6 Å². The van der Waals surface area contributed by atoms with Crippen LogP contribution in [0.3, 0.4) is 0 Å². The van der Waals surface area contributed by atoms with Gasteiger partial charge in [-0.1, -0.05) is 0 Å². The summed E-state index contributed by atoms with van der Waals surface area (Å²) in [7, 11) is 0. The number of nitrogens with zero attached hydrogens (tertiary/aromatic N) is 1. The quantitative estimate of drug-likeness (QED) is 0.813. The molecule has 3 rings (SSSR count). The summed E-state index contributed by atoms with van der Waals surface area (Å²) in [6.45, 7) is -2.55. The zero-order valence-corrected chi connectivity index (χ0v) is 13.6. The van der Waals surface area contributed by atoms with E-state index in [1.165, 1.54) is 30.3 Å². The Bertz CT molecular complexity index is 797. The molecule has 0 spiro atoms.